The van der Waals surface area contributed by atoms with Crippen molar-refractivity contribution in [3.05, 3.63) is 35.4 Å². The van der Waals surface area contributed by atoms with Crippen molar-refractivity contribution in [3.63, 3.8) is 0 Å². The number of hydrogen-bond donors (Lipinski definition) is 1. The first kappa shape index (κ1) is 13.6. The van der Waals surface area contributed by atoms with Gasteiger partial charge in [-0.1, -0.05) is 49.6 Å². The maximum Gasteiger partial charge on any atom is 0.0294 e. The van der Waals surface area contributed by atoms with Crippen molar-refractivity contribution in [3.8, 4) is 0 Å². The molecule has 0 aromatic heterocycles. The average Bonchev–Trinajstić information content (AvgIpc) is 2.55. The molecule has 1 nitrogen and oxygen atoms in total. The van der Waals surface area contributed by atoms with E-state index in [1.54, 1.807) is 0 Å². The molecular weight excluding hydrogens is 218 g/mol. The van der Waals surface area contributed by atoms with E-state index in [1.165, 1.54) is 43.2 Å². The molecule has 1 heteroatoms. The molecule has 100 valence electrons. The second-order valence-corrected chi connectivity index (χ2v) is 6.11. The average molecular weight is 245 g/mol. The molecule has 2 unspecified atom stereocenters. The highest BCUT2D eigenvalue weighted by Gasteiger charge is 2.18. The standard InChI is InChI=1S/C17H27N/c1-13-5-4-6-17(12-9-13)18-15(3)16-10-7-14(2)8-11-16/h7-8,10-11,13,15,17-18H,4-6,9,12H2,1-3H3/t13?,15-,17?/m0/s1. The highest BCUT2D eigenvalue weighted by atomic mass is 14.9. The Morgan fingerprint density at radius 3 is 2.50 bits per heavy atom. The summed E-state index contributed by atoms with van der Waals surface area (Å²) in [7, 11) is 0. The van der Waals surface area contributed by atoms with Gasteiger partial charge in [0.15, 0.2) is 0 Å². The van der Waals surface area contributed by atoms with Crippen molar-refractivity contribution >= 4 is 0 Å². The van der Waals surface area contributed by atoms with Gasteiger partial charge in [-0.3, -0.25) is 0 Å². The van der Waals surface area contributed by atoms with Crippen LogP contribution in [0.5, 0.6) is 0 Å². The van der Waals surface area contributed by atoms with E-state index < -0.39 is 0 Å². The van der Waals surface area contributed by atoms with Crippen LogP contribution in [-0.4, -0.2) is 6.04 Å². The second kappa shape index (κ2) is 6.38. The van der Waals surface area contributed by atoms with Crippen molar-refractivity contribution in [1.29, 1.82) is 0 Å². The SMILES string of the molecule is Cc1ccc([C@H](C)NC2CCCC(C)CC2)cc1. The number of benzene rings is 1. The van der Waals surface area contributed by atoms with E-state index >= 15 is 0 Å². The zero-order valence-corrected chi connectivity index (χ0v) is 12.1. The molecule has 1 aromatic rings. The minimum absolute atomic E-state index is 0.476. The summed E-state index contributed by atoms with van der Waals surface area (Å²) < 4.78 is 0. The Kier molecular flexibility index (Phi) is 4.82. The molecule has 1 saturated carbocycles. The van der Waals surface area contributed by atoms with Gasteiger partial charge in [0.05, 0.1) is 0 Å². The Morgan fingerprint density at radius 1 is 1.06 bits per heavy atom. The van der Waals surface area contributed by atoms with E-state index in [-0.39, 0.29) is 0 Å². The third-order valence-electron chi connectivity index (χ3n) is 4.32. The molecule has 0 aliphatic heterocycles. The van der Waals surface area contributed by atoms with Gasteiger partial charge in [-0.25, -0.2) is 0 Å². The van der Waals surface area contributed by atoms with E-state index in [9.17, 15) is 0 Å². The summed E-state index contributed by atoms with van der Waals surface area (Å²) in [5, 5.41) is 3.82. The fourth-order valence-corrected chi connectivity index (χ4v) is 2.96. The van der Waals surface area contributed by atoms with E-state index in [2.05, 4.69) is 50.4 Å². The summed E-state index contributed by atoms with van der Waals surface area (Å²) in [4.78, 5) is 0. The van der Waals surface area contributed by atoms with Crippen molar-refractivity contribution in [2.75, 3.05) is 0 Å². The monoisotopic (exact) mass is 245 g/mol. The minimum atomic E-state index is 0.476. The number of hydrogen-bond acceptors (Lipinski definition) is 1. The van der Waals surface area contributed by atoms with Gasteiger partial charge in [0.2, 0.25) is 0 Å². The number of rotatable bonds is 3. The molecule has 1 aliphatic carbocycles. The van der Waals surface area contributed by atoms with Crippen molar-refractivity contribution in [2.24, 2.45) is 5.92 Å². The van der Waals surface area contributed by atoms with Gasteiger partial charge in [-0.2, -0.15) is 0 Å². The second-order valence-electron chi connectivity index (χ2n) is 6.11. The molecule has 0 radical (unpaired) electrons. The predicted molar refractivity (Wildman–Crippen MR) is 78.8 cm³/mol. The zero-order chi connectivity index (χ0) is 13.0. The molecule has 1 aromatic carbocycles. The van der Waals surface area contributed by atoms with Gasteiger partial charge in [0.25, 0.3) is 0 Å². The van der Waals surface area contributed by atoms with Crippen LogP contribution >= 0.6 is 0 Å². The van der Waals surface area contributed by atoms with Crippen LogP contribution in [0.4, 0.5) is 0 Å². The highest BCUT2D eigenvalue weighted by molar-refractivity contribution is 5.23. The Bertz CT molecular complexity index is 354. The molecule has 0 bridgehead atoms. The maximum absolute atomic E-state index is 3.82. The molecule has 18 heavy (non-hydrogen) atoms. The van der Waals surface area contributed by atoms with Gasteiger partial charge in [0.1, 0.15) is 0 Å². The largest absolute Gasteiger partial charge is 0.307 e. The van der Waals surface area contributed by atoms with Crippen LogP contribution < -0.4 is 5.32 Å². The topological polar surface area (TPSA) is 12.0 Å². The zero-order valence-electron chi connectivity index (χ0n) is 12.1. The fourth-order valence-electron chi connectivity index (χ4n) is 2.96. The molecule has 0 saturated heterocycles. The predicted octanol–water partition coefficient (Wildman–Crippen LogP) is 4.61. The van der Waals surface area contributed by atoms with E-state index in [0.29, 0.717) is 12.1 Å². The van der Waals surface area contributed by atoms with Gasteiger partial charge >= 0.3 is 0 Å². The molecule has 3 atom stereocenters. The lowest BCUT2D eigenvalue weighted by atomic mass is 10.0. The van der Waals surface area contributed by atoms with Crippen LogP contribution in [0.3, 0.4) is 0 Å². The van der Waals surface area contributed by atoms with E-state index in [0.717, 1.165) is 5.92 Å². The quantitative estimate of drug-likeness (QED) is 0.767. The third-order valence-corrected chi connectivity index (χ3v) is 4.32. The Balaban J connectivity index is 1.90. The Labute approximate surface area is 112 Å². The summed E-state index contributed by atoms with van der Waals surface area (Å²) in [6, 6.07) is 10.1. The highest BCUT2D eigenvalue weighted by Crippen LogP contribution is 2.24. The third kappa shape index (κ3) is 3.84. The van der Waals surface area contributed by atoms with Crippen LogP contribution in [0.25, 0.3) is 0 Å². The molecule has 2 rings (SSSR count). The maximum atomic E-state index is 3.82. The number of nitrogens with one attached hydrogen (secondary N) is 1. The van der Waals surface area contributed by atoms with Crippen molar-refractivity contribution in [1.82, 2.24) is 5.32 Å². The molecule has 1 N–H and O–H groups in total. The van der Waals surface area contributed by atoms with Crippen LogP contribution in [0, 0.1) is 12.8 Å². The fraction of sp³-hybridized carbons (Fsp3) is 0.647. The van der Waals surface area contributed by atoms with Gasteiger partial charge < -0.3 is 5.32 Å². The van der Waals surface area contributed by atoms with E-state index in [1.807, 2.05) is 0 Å². The lowest BCUT2D eigenvalue weighted by Crippen LogP contribution is -2.31. The molecule has 1 aliphatic rings. The lowest BCUT2D eigenvalue weighted by Gasteiger charge is -2.22. The Morgan fingerprint density at radius 2 is 1.78 bits per heavy atom. The summed E-state index contributed by atoms with van der Waals surface area (Å²) in [6.45, 7) is 6.83. The van der Waals surface area contributed by atoms with Gasteiger partial charge in [0, 0.05) is 12.1 Å². The molecule has 0 heterocycles. The molecule has 1 fully saturated rings. The number of aryl methyl sites for hydroxylation is 1. The Hall–Kier alpha value is -0.820. The molecule has 0 spiro atoms. The van der Waals surface area contributed by atoms with Gasteiger partial charge in [-0.05, 0) is 44.6 Å². The van der Waals surface area contributed by atoms with Crippen LogP contribution in [0.2, 0.25) is 0 Å². The smallest absolute Gasteiger partial charge is 0.0294 e. The first-order valence-corrected chi connectivity index (χ1v) is 7.48. The normalized spacial score (nSPS) is 26.6. The van der Waals surface area contributed by atoms with Crippen LogP contribution in [0.15, 0.2) is 24.3 Å². The first-order valence-electron chi connectivity index (χ1n) is 7.48. The lowest BCUT2D eigenvalue weighted by molar-refractivity contribution is 0.408. The van der Waals surface area contributed by atoms with Crippen LogP contribution in [0.1, 0.15) is 63.1 Å². The summed E-state index contributed by atoms with van der Waals surface area (Å²) in [5.41, 5.74) is 2.76. The van der Waals surface area contributed by atoms with Gasteiger partial charge in [-0.15, -0.1) is 0 Å². The molecule has 0 amide bonds. The summed E-state index contributed by atoms with van der Waals surface area (Å²) in [6.07, 6.45) is 6.88. The van der Waals surface area contributed by atoms with E-state index in [4.69, 9.17) is 0 Å². The van der Waals surface area contributed by atoms with Crippen molar-refractivity contribution in [2.45, 2.75) is 65.0 Å². The molecular formula is C17H27N. The summed E-state index contributed by atoms with van der Waals surface area (Å²) in [5.74, 6) is 0.923. The minimum Gasteiger partial charge on any atom is -0.307 e. The van der Waals surface area contributed by atoms with Crippen molar-refractivity contribution < 1.29 is 0 Å². The summed E-state index contributed by atoms with van der Waals surface area (Å²) >= 11 is 0. The van der Waals surface area contributed by atoms with Crippen LogP contribution in [-0.2, 0) is 0 Å². The first-order chi connectivity index (χ1) is 8.65.